The quantitative estimate of drug-likeness (QED) is 0.673. The maximum Gasteiger partial charge on any atom is 0.321 e. The van der Waals surface area contributed by atoms with Gasteiger partial charge in [-0.05, 0) is 31.2 Å². The number of hydrogen-bond donors (Lipinski definition) is 1. The maximum absolute atomic E-state index is 11.9. The number of hydrogen-bond acceptors (Lipinski definition) is 4. The van der Waals surface area contributed by atoms with Gasteiger partial charge in [0, 0.05) is 12.1 Å². The molecule has 1 N–H and O–H groups in total. The minimum absolute atomic E-state index is 0.0139. The minimum atomic E-state index is -0.537. The molecule has 1 fully saturated rings. The molecule has 0 heterocycles. The molecule has 0 bridgehead atoms. The van der Waals surface area contributed by atoms with Crippen LogP contribution in [0.2, 0.25) is 0 Å². The number of ether oxygens (including phenoxy) is 1. The van der Waals surface area contributed by atoms with Crippen molar-refractivity contribution in [2.24, 2.45) is 5.92 Å². The van der Waals surface area contributed by atoms with E-state index in [0.717, 1.165) is 5.56 Å². The second-order valence-corrected chi connectivity index (χ2v) is 4.94. The molecule has 1 aliphatic rings. The Bertz CT molecular complexity index is 499. The summed E-state index contributed by atoms with van der Waals surface area (Å²) in [4.78, 5) is 22.1. The molecule has 0 aromatic heterocycles. The molecule has 0 saturated heterocycles. The van der Waals surface area contributed by atoms with Gasteiger partial charge in [-0.2, -0.15) is 0 Å². The first-order valence-corrected chi connectivity index (χ1v) is 6.62. The molecule has 6 heteroatoms. The molecule has 1 aromatic rings. The predicted molar refractivity (Wildman–Crippen MR) is 68.5 cm³/mol. The Kier molecular flexibility index (Phi) is 4.34. The Hall–Kier alpha value is -1.95. The molecule has 20 heavy (non-hydrogen) atoms. The third-order valence-electron chi connectivity index (χ3n) is 3.66. The van der Waals surface area contributed by atoms with Crippen LogP contribution in [0.25, 0.3) is 0 Å². The van der Waals surface area contributed by atoms with E-state index in [4.69, 9.17) is 4.74 Å². The van der Waals surface area contributed by atoms with Crippen molar-refractivity contribution in [2.75, 3.05) is 6.61 Å². The van der Waals surface area contributed by atoms with E-state index in [0.29, 0.717) is 19.4 Å². The van der Waals surface area contributed by atoms with Gasteiger partial charge in [0.25, 0.3) is 0 Å². The van der Waals surface area contributed by atoms with Gasteiger partial charge in [0.1, 0.15) is 0 Å². The molecule has 0 spiro atoms. The van der Waals surface area contributed by atoms with E-state index in [9.17, 15) is 20.0 Å². The third kappa shape index (κ3) is 2.96. The molecular weight excluding hydrogens is 262 g/mol. The van der Waals surface area contributed by atoms with E-state index in [2.05, 4.69) is 0 Å². The van der Waals surface area contributed by atoms with Crippen LogP contribution in [0.5, 0.6) is 0 Å². The Morgan fingerprint density at radius 2 is 2.00 bits per heavy atom. The van der Waals surface area contributed by atoms with Gasteiger partial charge in [-0.3, -0.25) is 4.79 Å². The van der Waals surface area contributed by atoms with Gasteiger partial charge >= 0.3 is 16.6 Å². The second kappa shape index (κ2) is 6.00. The van der Waals surface area contributed by atoms with Gasteiger partial charge in [-0.15, -0.1) is 0 Å². The summed E-state index contributed by atoms with van der Waals surface area (Å²) in [5.74, 6) is -0.844. The van der Waals surface area contributed by atoms with Gasteiger partial charge in [-0.1, -0.05) is 12.1 Å². The molecule has 1 aliphatic carbocycles. The lowest BCUT2D eigenvalue weighted by Crippen LogP contribution is -2.20. The highest BCUT2D eigenvalue weighted by atomic mass is 16.6. The molecule has 2 rings (SSSR count). The number of aliphatic hydroxyl groups excluding tert-OH is 1. The van der Waals surface area contributed by atoms with E-state index in [1.807, 2.05) is 0 Å². The highest BCUT2D eigenvalue weighted by Gasteiger charge is 2.39. The average molecular weight is 279 g/mol. The van der Waals surface area contributed by atoms with Crippen molar-refractivity contribution in [1.82, 2.24) is 0 Å². The lowest BCUT2D eigenvalue weighted by atomic mass is 9.89. The van der Waals surface area contributed by atoms with E-state index >= 15 is 0 Å². The highest BCUT2D eigenvalue weighted by molar-refractivity contribution is 5.74. The summed E-state index contributed by atoms with van der Waals surface area (Å²) in [5, 5.41) is 20.4. The summed E-state index contributed by atoms with van der Waals surface area (Å²) in [5.41, 5.74) is 0.838. The van der Waals surface area contributed by atoms with Crippen LogP contribution in [0.1, 0.15) is 31.2 Å². The topological polar surface area (TPSA) is 86.5 Å². The number of benzene rings is 1. The van der Waals surface area contributed by atoms with Crippen LogP contribution < -0.4 is 0 Å². The fourth-order valence-corrected chi connectivity index (χ4v) is 2.73. The zero-order valence-electron chi connectivity index (χ0n) is 11.2. The SMILES string of the molecule is CCOC(=O)C1CC(O)CC1c1ccc([N+]([O])=O)cc1. The van der Waals surface area contributed by atoms with Crippen molar-refractivity contribution in [2.45, 2.75) is 31.8 Å². The van der Waals surface area contributed by atoms with Crippen molar-refractivity contribution in [3.8, 4) is 0 Å². The molecule has 107 valence electrons. The van der Waals surface area contributed by atoms with Gasteiger partial charge in [0.05, 0.1) is 28.7 Å². The fraction of sp³-hybridized carbons (Fsp3) is 0.500. The summed E-state index contributed by atoms with van der Waals surface area (Å²) in [6.45, 7) is 2.04. The molecule has 6 nitrogen and oxygen atoms in total. The molecular formula is C14H17NO5+. The van der Waals surface area contributed by atoms with E-state index in [1.54, 1.807) is 19.1 Å². The van der Waals surface area contributed by atoms with Gasteiger partial charge in [0.2, 0.25) is 0 Å². The predicted octanol–water partition coefficient (Wildman–Crippen LogP) is 1.86. The van der Waals surface area contributed by atoms with Crippen LogP contribution in [-0.4, -0.2) is 28.7 Å². The van der Waals surface area contributed by atoms with Crippen LogP contribution in [0.15, 0.2) is 24.3 Å². The first-order chi connectivity index (χ1) is 9.52. The largest absolute Gasteiger partial charge is 0.466 e. The summed E-state index contributed by atoms with van der Waals surface area (Å²) < 4.78 is 5.03. The van der Waals surface area contributed by atoms with Crippen LogP contribution >= 0.6 is 0 Å². The summed E-state index contributed by atoms with van der Waals surface area (Å²) in [7, 11) is 0. The normalized spacial score (nSPS) is 25.4. The van der Waals surface area contributed by atoms with Crippen molar-refractivity contribution in [1.29, 1.82) is 0 Å². The van der Waals surface area contributed by atoms with Gasteiger partial charge in [-0.25, -0.2) is 0 Å². The van der Waals surface area contributed by atoms with Crippen LogP contribution in [0, 0.1) is 10.8 Å². The average Bonchev–Trinajstić information content (AvgIpc) is 2.81. The molecule has 3 atom stereocenters. The summed E-state index contributed by atoms with van der Waals surface area (Å²) in [6, 6.07) is 6.13. The molecule has 3 unspecified atom stereocenters. The number of nitrogens with zero attached hydrogens (tertiary/aromatic N) is 1. The lowest BCUT2D eigenvalue weighted by Gasteiger charge is -2.17. The van der Waals surface area contributed by atoms with Crippen LogP contribution in [0.4, 0.5) is 5.69 Å². The second-order valence-electron chi connectivity index (χ2n) is 4.94. The minimum Gasteiger partial charge on any atom is -0.466 e. The third-order valence-corrected chi connectivity index (χ3v) is 3.66. The fourth-order valence-electron chi connectivity index (χ4n) is 2.73. The van der Waals surface area contributed by atoms with Crippen molar-refractivity contribution >= 4 is 11.7 Å². The maximum atomic E-state index is 11.9. The zero-order chi connectivity index (χ0) is 14.7. The van der Waals surface area contributed by atoms with Crippen molar-refractivity contribution in [3.05, 3.63) is 34.7 Å². The smallest absolute Gasteiger partial charge is 0.321 e. The first-order valence-electron chi connectivity index (χ1n) is 6.62. The molecule has 1 radical (unpaired) electrons. The number of esters is 1. The van der Waals surface area contributed by atoms with E-state index in [1.165, 1.54) is 12.1 Å². The Balaban J connectivity index is 2.20. The molecule has 0 aliphatic heterocycles. The van der Waals surface area contributed by atoms with Gasteiger partial charge in [0.15, 0.2) is 0 Å². The summed E-state index contributed by atoms with van der Waals surface area (Å²) >= 11 is 0. The highest BCUT2D eigenvalue weighted by Crippen LogP contribution is 2.40. The number of carbonyl (C=O) groups excluding carboxylic acids is 1. The van der Waals surface area contributed by atoms with Crippen LogP contribution in [0.3, 0.4) is 0 Å². The Morgan fingerprint density at radius 1 is 1.35 bits per heavy atom. The molecule has 1 aromatic carbocycles. The van der Waals surface area contributed by atoms with Crippen molar-refractivity contribution < 1.29 is 24.8 Å². The number of carbonyl (C=O) groups is 1. The molecule has 1 saturated carbocycles. The Labute approximate surface area is 116 Å². The molecule has 0 amide bonds. The Morgan fingerprint density at radius 3 is 2.55 bits per heavy atom. The zero-order valence-corrected chi connectivity index (χ0v) is 11.2. The van der Waals surface area contributed by atoms with Gasteiger partial charge < -0.3 is 9.84 Å². The van der Waals surface area contributed by atoms with E-state index in [-0.39, 0.29) is 23.5 Å². The standard InChI is InChI=1S/C14H17NO5/c1-2-20-14(17)13-8-11(16)7-12(13)9-3-5-10(6-4-9)15(18)19/h3-6,11-13,16H,2,7-8H2,1H3/q+1. The lowest BCUT2D eigenvalue weighted by molar-refractivity contribution is -0.769. The monoisotopic (exact) mass is 279 g/mol. The summed E-state index contributed by atoms with van der Waals surface area (Å²) in [6.07, 6.45) is 0.312. The number of aliphatic hydroxyl groups is 1. The number of rotatable bonds is 4. The van der Waals surface area contributed by atoms with Crippen LogP contribution in [-0.2, 0) is 14.7 Å². The first kappa shape index (κ1) is 14.5. The van der Waals surface area contributed by atoms with E-state index < -0.39 is 11.0 Å². The van der Waals surface area contributed by atoms with Crippen molar-refractivity contribution in [3.63, 3.8) is 0 Å².